The lowest BCUT2D eigenvalue weighted by Crippen LogP contribution is -2.49. The Bertz CT molecular complexity index is 850. The number of amides is 1. The molecule has 28 heavy (non-hydrogen) atoms. The SMILES string of the molecule is O=C(O)c1ccc(Cl)cc1OCC(=O)N1CCN(Cc2ccc(Cl)cc2)CC1. The van der Waals surface area contributed by atoms with E-state index in [1.165, 1.54) is 23.8 Å². The molecule has 0 atom stereocenters. The Balaban J connectivity index is 1.50. The van der Waals surface area contributed by atoms with Crippen molar-refractivity contribution in [3.05, 3.63) is 63.6 Å². The van der Waals surface area contributed by atoms with Gasteiger partial charge in [0.1, 0.15) is 11.3 Å². The van der Waals surface area contributed by atoms with Crippen molar-refractivity contribution in [2.45, 2.75) is 6.54 Å². The van der Waals surface area contributed by atoms with Gasteiger partial charge in [0.2, 0.25) is 0 Å². The van der Waals surface area contributed by atoms with Crippen LogP contribution in [0.3, 0.4) is 0 Å². The highest BCUT2D eigenvalue weighted by atomic mass is 35.5. The Hall–Kier alpha value is -2.28. The molecule has 0 radical (unpaired) electrons. The summed E-state index contributed by atoms with van der Waals surface area (Å²) in [5, 5.41) is 10.3. The monoisotopic (exact) mass is 422 g/mol. The number of nitrogens with zero attached hydrogens (tertiary/aromatic N) is 2. The normalized spacial score (nSPS) is 14.7. The van der Waals surface area contributed by atoms with Crippen LogP contribution < -0.4 is 4.74 Å². The molecular weight excluding hydrogens is 403 g/mol. The van der Waals surface area contributed by atoms with Crippen LogP contribution in [0.15, 0.2) is 42.5 Å². The van der Waals surface area contributed by atoms with Gasteiger partial charge in [-0.15, -0.1) is 0 Å². The summed E-state index contributed by atoms with van der Waals surface area (Å²) in [4.78, 5) is 27.7. The molecule has 3 rings (SSSR count). The second-order valence-electron chi connectivity index (χ2n) is 6.52. The number of hydrogen-bond acceptors (Lipinski definition) is 4. The molecule has 1 amide bonds. The first-order valence-electron chi connectivity index (χ1n) is 8.82. The van der Waals surface area contributed by atoms with Gasteiger partial charge in [0.15, 0.2) is 6.61 Å². The minimum atomic E-state index is -1.13. The molecule has 1 saturated heterocycles. The van der Waals surface area contributed by atoms with Crippen LogP contribution in [-0.4, -0.2) is 59.6 Å². The zero-order chi connectivity index (χ0) is 20.1. The van der Waals surface area contributed by atoms with E-state index in [1.807, 2.05) is 24.3 Å². The van der Waals surface area contributed by atoms with Crippen LogP contribution in [0.1, 0.15) is 15.9 Å². The molecule has 148 valence electrons. The van der Waals surface area contributed by atoms with E-state index < -0.39 is 5.97 Å². The van der Waals surface area contributed by atoms with E-state index in [-0.39, 0.29) is 23.8 Å². The van der Waals surface area contributed by atoms with Gasteiger partial charge in [-0.3, -0.25) is 9.69 Å². The largest absolute Gasteiger partial charge is 0.483 e. The first-order chi connectivity index (χ1) is 13.4. The maximum atomic E-state index is 12.4. The third-order valence-corrected chi connectivity index (χ3v) is 5.06. The van der Waals surface area contributed by atoms with Gasteiger partial charge in [-0.05, 0) is 35.9 Å². The molecule has 1 aliphatic rings. The lowest BCUT2D eigenvalue weighted by molar-refractivity contribution is -0.135. The maximum absolute atomic E-state index is 12.4. The second-order valence-corrected chi connectivity index (χ2v) is 7.39. The summed E-state index contributed by atoms with van der Waals surface area (Å²) in [6.07, 6.45) is 0. The predicted octanol–water partition coefficient (Wildman–Crippen LogP) is 3.41. The van der Waals surface area contributed by atoms with Crippen LogP contribution in [0.5, 0.6) is 5.75 Å². The molecule has 0 unspecified atom stereocenters. The average molecular weight is 423 g/mol. The molecule has 0 saturated carbocycles. The fourth-order valence-electron chi connectivity index (χ4n) is 3.03. The van der Waals surface area contributed by atoms with Crippen LogP contribution in [0.4, 0.5) is 0 Å². The van der Waals surface area contributed by atoms with Gasteiger partial charge < -0.3 is 14.7 Å². The van der Waals surface area contributed by atoms with Crippen molar-refractivity contribution in [1.29, 1.82) is 0 Å². The van der Waals surface area contributed by atoms with Gasteiger partial charge in [-0.2, -0.15) is 0 Å². The van der Waals surface area contributed by atoms with Crippen molar-refractivity contribution in [3.8, 4) is 5.75 Å². The molecule has 1 fully saturated rings. The Morgan fingerprint density at radius 1 is 0.964 bits per heavy atom. The van der Waals surface area contributed by atoms with Gasteiger partial charge in [0.05, 0.1) is 0 Å². The molecule has 1 heterocycles. The van der Waals surface area contributed by atoms with Crippen molar-refractivity contribution in [1.82, 2.24) is 9.80 Å². The van der Waals surface area contributed by atoms with Crippen LogP contribution in [-0.2, 0) is 11.3 Å². The second kappa shape index (κ2) is 9.28. The van der Waals surface area contributed by atoms with Crippen molar-refractivity contribution in [3.63, 3.8) is 0 Å². The Morgan fingerprint density at radius 2 is 1.61 bits per heavy atom. The molecule has 0 spiro atoms. The molecule has 6 nitrogen and oxygen atoms in total. The zero-order valence-corrected chi connectivity index (χ0v) is 16.6. The molecule has 0 bridgehead atoms. The molecule has 1 aliphatic heterocycles. The number of carbonyl (C=O) groups excluding carboxylic acids is 1. The molecule has 0 aliphatic carbocycles. The minimum absolute atomic E-state index is 0.0232. The van der Waals surface area contributed by atoms with Crippen molar-refractivity contribution in [2.75, 3.05) is 32.8 Å². The fourth-order valence-corrected chi connectivity index (χ4v) is 3.31. The van der Waals surface area contributed by atoms with E-state index >= 15 is 0 Å². The first kappa shape index (κ1) is 20.5. The van der Waals surface area contributed by atoms with Gasteiger partial charge >= 0.3 is 5.97 Å². The summed E-state index contributed by atoms with van der Waals surface area (Å²) in [6.45, 7) is 3.28. The summed E-state index contributed by atoms with van der Waals surface area (Å²) < 4.78 is 5.45. The smallest absolute Gasteiger partial charge is 0.339 e. The third-order valence-electron chi connectivity index (χ3n) is 4.57. The average Bonchev–Trinajstić information content (AvgIpc) is 2.68. The summed E-state index contributed by atoms with van der Waals surface area (Å²) in [6, 6.07) is 12.0. The van der Waals surface area contributed by atoms with Gasteiger partial charge in [-0.1, -0.05) is 35.3 Å². The van der Waals surface area contributed by atoms with Crippen molar-refractivity contribution < 1.29 is 19.4 Å². The standard InChI is InChI=1S/C20H20Cl2N2O4/c21-15-3-1-14(2-4-15)12-23-7-9-24(10-8-23)19(25)13-28-18-11-16(22)5-6-17(18)20(26)27/h1-6,11H,7-10,12-13H2,(H,26,27). The number of carboxylic acid groups (broad SMARTS) is 1. The number of piperazine rings is 1. The number of halogens is 2. The fraction of sp³-hybridized carbons (Fsp3) is 0.300. The topological polar surface area (TPSA) is 70.1 Å². The van der Waals surface area contributed by atoms with E-state index in [9.17, 15) is 14.7 Å². The third kappa shape index (κ3) is 5.38. The van der Waals surface area contributed by atoms with Crippen molar-refractivity contribution >= 4 is 35.1 Å². The van der Waals surface area contributed by atoms with E-state index in [4.69, 9.17) is 27.9 Å². The lowest BCUT2D eigenvalue weighted by atomic mass is 10.2. The highest BCUT2D eigenvalue weighted by Crippen LogP contribution is 2.23. The minimum Gasteiger partial charge on any atom is -0.483 e. The lowest BCUT2D eigenvalue weighted by Gasteiger charge is -2.34. The number of benzene rings is 2. The summed E-state index contributed by atoms with van der Waals surface area (Å²) >= 11 is 11.8. The highest BCUT2D eigenvalue weighted by Gasteiger charge is 2.22. The molecule has 1 N–H and O–H groups in total. The quantitative estimate of drug-likeness (QED) is 0.771. The van der Waals surface area contributed by atoms with Gasteiger partial charge in [0, 0.05) is 42.8 Å². The number of carbonyl (C=O) groups is 2. The van der Waals surface area contributed by atoms with Crippen molar-refractivity contribution in [2.24, 2.45) is 0 Å². The summed E-state index contributed by atoms with van der Waals surface area (Å²) in [7, 11) is 0. The number of rotatable bonds is 6. The van der Waals surface area contributed by atoms with Gasteiger partial charge in [-0.25, -0.2) is 4.79 Å². The first-order valence-corrected chi connectivity index (χ1v) is 9.58. The molecule has 2 aromatic carbocycles. The zero-order valence-electron chi connectivity index (χ0n) is 15.1. The van der Waals surface area contributed by atoms with E-state index in [0.29, 0.717) is 23.1 Å². The number of ether oxygens (including phenoxy) is 1. The number of hydrogen-bond donors (Lipinski definition) is 1. The number of carboxylic acids is 1. The Labute approximate surface area is 173 Å². The molecule has 2 aromatic rings. The van der Waals surface area contributed by atoms with Crippen LogP contribution in [0, 0.1) is 0 Å². The van der Waals surface area contributed by atoms with E-state index in [2.05, 4.69) is 4.90 Å². The van der Waals surface area contributed by atoms with Crippen LogP contribution >= 0.6 is 23.2 Å². The predicted molar refractivity (Wildman–Crippen MR) is 107 cm³/mol. The van der Waals surface area contributed by atoms with E-state index in [1.54, 1.807) is 4.90 Å². The van der Waals surface area contributed by atoms with Gasteiger partial charge in [0.25, 0.3) is 5.91 Å². The molecule has 0 aromatic heterocycles. The van der Waals surface area contributed by atoms with E-state index in [0.717, 1.165) is 19.6 Å². The molecule has 8 heteroatoms. The number of aromatic carboxylic acids is 1. The summed E-state index contributed by atoms with van der Waals surface area (Å²) in [5.41, 5.74) is 1.15. The van der Waals surface area contributed by atoms with Crippen LogP contribution in [0.2, 0.25) is 10.0 Å². The molecular formula is C20H20Cl2N2O4. The summed E-state index contributed by atoms with van der Waals surface area (Å²) in [5.74, 6) is -1.22. The maximum Gasteiger partial charge on any atom is 0.339 e. The Morgan fingerprint density at radius 3 is 2.25 bits per heavy atom. The Kier molecular flexibility index (Phi) is 6.78. The highest BCUT2D eigenvalue weighted by molar-refractivity contribution is 6.31. The van der Waals surface area contributed by atoms with Crippen LogP contribution in [0.25, 0.3) is 0 Å².